The van der Waals surface area contributed by atoms with Gasteiger partial charge < -0.3 is 4.74 Å². The number of hydrogen-bond donors (Lipinski definition) is 0. The van der Waals surface area contributed by atoms with E-state index in [0.29, 0.717) is 16.1 Å². The molecular weight excluding hydrogens is 369 g/mol. The number of rotatable bonds is 4. The molecule has 20 heavy (non-hydrogen) atoms. The first-order valence-corrected chi connectivity index (χ1v) is 7.35. The van der Waals surface area contributed by atoms with Crippen LogP contribution >= 0.6 is 39.1 Å². The van der Waals surface area contributed by atoms with E-state index in [-0.39, 0.29) is 16.5 Å². The minimum atomic E-state index is -0.546. The quantitative estimate of drug-likeness (QED) is 0.397. The van der Waals surface area contributed by atoms with Crippen molar-refractivity contribution in [3.8, 4) is 11.5 Å². The van der Waals surface area contributed by atoms with E-state index in [1.165, 1.54) is 18.2 Å². The average Bonchev–Trinajstić information content (AvgIpc) is 2.41. The molecule has 4 nitrogen and oxygen atoms in total. The maximum atomic E-state index is 11.0. The van der Waals surface area contributed by atoms with Crippen molar-refractivity contribution >= 4 is 44.8 Å². The minimum Gasteiger partial charge on any atom is -0.450 e. The van der Waals surface area contributed by atoms with Crippen molar-refractivity contribution < 1.29 is 9.66 Å². The number of ether oxygens (including phenoxy) is 1. The molecule has 2 rings (SSSR count). The fourth-order valence-electron chi connectivity index (χ4n) is 1.55. The van der Waals surface area contributed by atoms with E-state index in [1.54, 1.807) is 18.2 Å². The normalized spacial score (nSPS) is 10.3. The summed E-state index contributed by atoms with van der Waals surface area (Å²) in [6, 6.07) is 9.31. The summed E-state index contributed by atoms with van der Waals surface area (Å²) < 4.78 is 5.51. The minimum absolute atomic E-state index is 0.113. The highest BCUT2D eigenvalue weighted by Crippen LogP contribution is 2.35. The van der Waals surface area contributed by atoms with Crippen LogP contribution in [0.15, 0.2) is 36.4 Å². The van der Waals surface area contributed by atoms with Crippen molar-refractivity contribution in [2.24, 2.45) is 0 Å². The monoisotopic (exact) mass is 375 g/mol. The van der Waals surface area contributed by atoms with E-state index in [2.05, 4.69) is 15.9 Å². The van der Waals surface area contributed by atoms with E-state index in [0.717, 1.165) is 5.56 Å². The molecule has 0 heterocycles. The van der Waals surface area contributed by atoms with Gasteiger partial charge in [0, 0.05) is 21.4 Å². The van der Waals surface area contributed by atoms with Crippen molar-refractivity contribution in [1.82, 2.24) is 0 Å². The summed E-state index contributed by atoms with van der Waals surface area (Å²) in [6.45, 7) is 0. The first kappa shape index (κ1) is 15.1. The second-order valence-corrected chi connectivity index (χ2v) is 5.26. The van der Waals surface area contributed by atoms with Gasteiger partial charge in [-0.2, -0.15) is 0 Å². The molecule has 0 aliphatic rings. The zero-order valence-electron chi connectivity index (χ0n) is 9.98. The van der Waals surface area contributed by atoms with Crippen LogP contribution in [-0.2, 0) is 5.33 Å². The Bertz CT molecular complexity index is 664. The van der Waals surface area contributed by atoms with E-state index in [4.69, 9.17) is 27.9 Å². The van der Waals surface area contributed by atoms with Crippen LogP contribution in [0.2, 0.25) is 10.0 Å². The van der Waals surface area contributed by atoms with Gasteiger partial charge in [0.05, 0.1) is 4.92 Å². The Labute approximate surface area is 133 Å². The Morgan fingerprint density at radius 3 is 2.55 bits per heavy atom. The zero-order valence-corrected chi connectivity index (χ0v) is 13.1. The highest BCUT2D eigenvalue weighted by molar-refractivity contribution is 9.08. The first-order valence-electron chi connectivity index (χ1n) is 5.47. The summed E-state index contributed by atoms with van der Waals surface area (Å²) in [5.41, 5.74) is 0.711. The van der Waals surface area contributed by atoms with Crippen LogP contribution in [0.1, 0.15) is 5.56 Å². The lowest BCUT2D eigenvalue weighted by molar-refractivity contribution is -0.385. The van der Waals surface area contributed by atoms with Gasteiger partial charge in [0.15, 0.2) is 0 Å². The van der Waals surface area contributed by atoms with Gasteiger partial charge >= 0.3 is 5.69 Å². The molecule has 0 fully saturated rings. The Morgan fingerprint density at radius 2 is 1.95 bits per heavy atom. The Kier molecular flexibility index (Phi) is 4.86. The van der Waals surface area contributed by atoms with Crippen LogP contribution in [0, 0.1) is 10.1 Å². The van der Waals surface area contributed by atoms with Crippen LogP contribution in [0.5, 0.6) is 11.5 Å². The molecule has 0 amide bonds. The smallest absolute Gasteiger partial charge is 0.313 e. The van der Waals surface area contributed by atoms with E-state index >= 15 is 0 Å². The molecule has 0 aliphatic heterocycles. The molecule has 0 saturated carbocycles. The average molecular weight is 377 g/mol. The summed E-state index contributed by atoms with van der Waals surface area (Å²) in [6.07, 6.45) is 0. The summed E-state index contributed by atoms with van der Waals surface area (Å²) in [7, 11) is 0. The third-order valence-electron chi connectivity index (χ3n) is 2.51. The number of nitrogens with zero attached hydrogens (tertiary/aromatic N) is 1. The predicted octanol–water partition coefficient (Wildman–Crippen LogP) is 5.59. The molecule has 0 bridgehead atoms. The van der Waals surface area contributed by atoms with Crippen molar-refractivity contribution in [3.05, 3.63) is 62.1 Å². The molecule has 0 N–H and O–H groups in total. The topological polar surface area (TPSA) is 52.4 Å². The Hall–Kier alpha value is -1.30. The maximum absolute atomic E-state index is 11.0. The second-order valence-electron chi connectivity index (χ2n) is 3.86. The molecule has 0 aliphatic carbocycles. The molecule has 2 aromatic carbocycles. The van der Waals surface area contributed by atoms with Crippen molar-refractivity contribution in [2.75, 3.05) is 0 Å². The van der Waals surface area contributed by atoms with Gasteiger partial charge in [-0.15, -0.1) is 0 Å². The molecule has 0 saturated heterocycles. The van der Waals surface area contributed by atoms with Crippen molar-refractivity contribution in [3.63, 3.8) is 0 Å². The summed E-state index contributed by atoms with van der Waals surface area (Å²) >= 11 is 15.1. The standard InChI is InChI=1S/C13H8BrCl2NO3/c14-7-8-1-3-10(6-11(8)16)20-13-4-2-9(15)5-12(13)17(18)19/h1-6H,7H2. The lowest BCUT2D eigenvalue weighted by Gasteiger charge is -2.08. The van der Waals surface area contributed by atoms with Gasteiger partial charge in [-0.05, 0) is 29.8 Å². The predicted molar refractivity (Wildman–Crippen MR) is 82.3 cm³/mol. The van der Waals surface area contributed by atoms with Crippen LogP contribution in [0.3, 0.4) is 0 Å². The van der Waals surface area contributed by atoms with E-state index < -0.39 is 4.92 Å². The largest absolute Gasteiger partial charge is 0.450 e. The number of halogens is 3. The van der Waals surface area contributed by atoms with Gasteiger partial charge in [0.25, 0.3) is 0 Å². The molecule has 0 aromatic heterocycles. The summed E-state index contributed by atoms with van der Waals surface area (Å²) in [5, 5.41) is 12.4. The Balaban J connectivity index is 2.35. The van der Waals surface area contributed by atoms with Crippen LogP contribution in [0.4, 0.5) is 5.69 Å². The van der Waals surface area contributed by atoms with Crippen molar-refractivity contribution in [2.45, 2.75) is 5.33 Å². The SMILES string of the molecule is O=[N+]([O-])c1cc(Cl)ccc1Oc1ccc(CBr)c(Cl)c1. The number of alkyl halides is 1. The third kappa shape index (κ3) is 3.42. The van der Waals surface area contributed by atoms with Crippen LogP contribution in [0.25, 0.3) is 0 Å². The van der Waals surface area contributed by atoms with E-state index in [1.807, 2.05) is 0 Å². The van der Waals surface area contributed by atoms with E-state index in [9.17, 15) is 10.1 Å². The van der Waals surface area contributed by atoms with Gasteiger partial charge in [0.1, 0.15) is 5.75 Å². The number of benzene rings is 2. The molecular formula is C13H8BrCl2NO3. The molecule has 2 aromatic rings. The summed E-state index contributed by atoms with van der Waals surface area (Å²) in [4.78, 5) is 10.4. The highest BCUT2D eigenvalue weighted by atomic mass is 79.9. The maximum Gasteiger partial charge on any atom is 0.313 e. The molecule has 0 radical (unpaired) electrons. The number of hydrogen-bond acceptors (Lipinski definition) is 3. The highest BCUT2D eigenvalue weighted by Gasteiger charge is 2.16. The van der Waals surface area contributed by atoms with Crippen LogP contribution < -0.4 is 4.74 Å². The molecule has 0 unspecified atom stereocenters. The third-order valence-corrected chi connectivity index (χ3v) is 3.71. The van der Waals surface area contributed by atoms with Gasteiger partial charge in [-0.1, -0.05) is 45.2 Å². The molecule has 7 heteroatoms. The molecule has 0 spiro atoms. The second kappa shape index (κ2) is 6.43. The lowest BCUT2D eigenvalue weighted by atomic mass is 10.2. The number of nitro benzene ring substituents is 1. The summed E-state index contributed by atoms with van der Waals surface area (Å²) in [5.74, 6) is 0.534. The van der Waals surface area contributed by atoms with Gasteiger partial charge in [-0.25, -0.2) is 0 Å². The van der Waals surface area contributed by atoms with Crippen LogP contribution in [-0.4, -0.2) is 4.92 Å². The Morgan fingerprint density at radius 1 is 1.20 bits per heavy atom. The molecule has 104 valence electrons. The fraction of sp³-hybridized carbons (Fsp3) is 0.0769. The zero-order chi connectivity index (χ0) is 14.7. The molecule has 0 atom stereocenters. The first-order chi connectivity index (χ1) is 9.51. The van der Waals surface area contributed by atoms with Gasteiger partial charge in [-0.3, -0.25) is 10.1 Å². The number of nitro groups is 1. The van der Waals surface area contributed by atoms with Gasteiger partial charge in [0.2, 0.25) is 5.75 Å². The fourth-order valence-corrected chi connectivity index (χ4v) is 2.60. The lowest BCUT2D eigenvalue weighted by Crippen LogP contribution is -1.93. The van der Waals surface area contributed by atoms with Crippen molar-refractivity contribution in [1.29, 1.82) is 0 Å².